The zero-order valence-electron chi connectivity index (χ0n) is 10.7. The molecule has 0 saturated carbocycles. The van der Waals surface area contributed by atoms with E-state index in [1.807, 2.05) is 16.4 Å². The Morgan fingerprint density at radius 3 is 2.88 bits per heavy atom. The second-order valence-corrected chi connectivity index (χ2v) is 6.04. The fourth-order valence-electron chi connectivity index (χ4n) is 1.27. The Balaban J connectivity index is 2.27. The molecular weight excluding hydrogens is 254 g/mol. The number of tetrazole rings is 1. The Morgan fingerprint density at radius 1 is 1.35 bits per heavy atom. The van der Waals surface area contributed by atoms with Gasteiger partial charge in [-0.05, 0) is 28.9 Å². The molecule has 1 rings (SSSR count). The summed E-state index contributed by atoms with van der Waals surface area (Å²) in [5.41, 5.74) is 0. The van der Waals surface area contributed by atoms with Gasteiger partial charge >= 0.3 is 0 Å². The Kier molecular flexibility index (Phi) is 7.63. The van der Waals surface area contributed by atoms with Gasteiger partial charge in [-0.1, -0.05) is 25.6 Å². The molecule has 0 unspecified atom stereocenters. The molecule has 0 aliphatic heterocycles. The van der Waals surface area contributed by atoms with Crippen LogP contribution in [0.5, 0.6) is 0 Å². The molecule has 0 fully saturated rings. The fraction of sp³-hybridized carbons (Fsp3) is 0.900. The first kappa shape index (κ1) is 14.8. The maximum absolute atomic E-state index is 4.04. The molecule has 5 nitrogen and oxygen atoms in total. The molecule has 0 aliphatic carbocycles. The van der Waals surface area contributed by atoms with E-state index in [1.54, 1.807) is 11.8 Å². The maximum atomic E-state index is 4.04. The van der Waals surface area contributed by atoms with Gasteiger partial charge in [0.05, 0.1) is 6.54 Å². The van der Waals surface area contributed by atoms with Crippen LogP contribution in [0.1, 0.15) is 20.3 Å². The van der Waals surface area contributed by atoms with Crippen LogP contribution in [0.25, 0.3) is 0 Å². The first-order valence-corrected chi connectivity index (χ1v) is 8.23. The lowest BCUT2D eigenvalue weighted by Gasteiger charge is -2.08. The largest absolute Gasteiger partial charge is 0.313 e. The Bertz CT molecular complexity index is 303. The van der Waals surface area contributed by atoms with Crippen LogP contribution in [0.2, 0.25) is 0 Å². The van der Waals surface area contributed by atoms with Crippen molar-refractivity contribution in [2.45, 2.75) is 38.0 Å². The van der Waals surface area contributed by atoms with Gasteiger partial charge in [0, 0.05) is 18.3 Å². The van der Waals surface area contributed by atoms with E-state index in [0.29, 0.717) is 6.04 Å². The van der Waals surface area contributed by atoms with Crippen LogP contribution >= 0.6 is 23.5 Å². The molecule has 0 aromatic carbocycles. The molecule has 0 spiro atoms. The maximum Gasteiger partial charge on any atom is 0.209 e. The van der Waals surface area contributed by atoms with Gasteiger partial charge < -0.3 is 5.32 Å². The van der Waals surface area contributed by atoms with Gasteiger partial charge in [0.25, 0.3) is 0 Å². The number of hydrogen-bond donors (Lipinski definition) is 1. The first-order valence-electron chi connectivity index (χ1n) is 5.85. The zero-order chi connectivity index (χ0) is 12.5. The Hall–Kier alpha value is -0.270. The van der Waals surface area contributed by atoms with Crippen molar-refractivity contribution in [1.29, 1.82) is 0 Å². The van der Waals surface area contributed by atoms with E-state index in [2.05, 4.69) is 40.9 Å². The average molecular weight is 275 g/mol. The zero-order valence-corrected chi connectivity index (χ0v) is 12.4. The van der Waals surface area contributed by atoms with Crippen molar-refractivity contribution in [3.05, 3.63) is 0 Å². The van der Waals surface area contributed by atoms with Crippen LogP contribution in [0.3, 0.4) is 0 Å². The molecule has 1 aromatic heterocycles. The number of aromatic nitrogens is 4. The predicted octanol–water partition coefficient (Wildman–Crippen LogP) is 1.52. The second-order valence-electron chi connectivity index (χ2n) is 3.99. The summed E-state index contributed by atoms with van der Waals surface area (Å²) in [5.74, 6) is 2.28. The SMILES string of the molecule is CSCCCSc1nnnn1CCNC(C)C. The highest BCUT2D eigenvalue weighted by Gasteiger charge is 2.06. The molecular formula is C10H21N5S2. The molecule has 17 heavy (non-hydrogen) atoms. The van der Waals surface area contributed by atoms with Crippen molar-refractivity contribution < 1.29 is 0 Å². The molecule has 7 heteroatoms. The van der Waals surface area contributed by atoms with Crippen LogP contribution in [-0.4, -0.2) is 50.6 Å². The molecule has 1 heterocycles. The summed E-state index contributed by atoms with van der Waals surface area (Å²) in [6, 6.07) is 0.504. The minimum Gasteiger partial charge on any atom is -0.313 e. The van der Waals surface area contributed by atoms with Crippen LogP contribution < -0.4 is 5.32 Å². The number of hydrogen-bond acceptors (Lipinski definition) is 6. The quantitative estimate of drug-likeness (QED) is 0.545. The van der Waals surface area contributed by atoms with E-state index < -0.39 is 0 Å². The van der Waals surface area contributed by atoms with E-state index in [1.165, 1.54) is 12.2 Å². The van der Waals surface area contributed by atoms with E-state index in [4.69, 9.17) is 0 Å². The minimum absolute atomic E-state index is 0.504. The third-order valence-electron chi connectivity index (χ3n) is 2.10. The number of nitrogens with zero attached hydrogens (tertiary/aromatic N) is 4. The monoisotopic (exact) mass is 275 g/mol. The lowest BCUT2D eigenvalue weighted by molar-refractivity contribution is 0.485. The van der Waals surface area contributed by atoms with Gasteiger partial charge in [-0.2, -0.15) is 11.8 Å². The van der Waals surface area contributed by atoms with Gasteiger partial charge in [0.15, 0.2) is 0 Å². The number of rotatable bonds is 9. The smallest absolute Gasteiger partial charge is 0.209 e. The minimum atomic E-state index is 0.504. The summed E-state index contributed by atoms with van der Waals surface area (Å²) in [6.45, 7) is 6.01. The molecule has 1 aromatic rings. The highest BCUT2D eigenvalue weighted by atomic mass is 32.2. The summed E-state index contributed by atoms with van der Waals surface area (Å²) < 4.78 is 1.87. The molecule has 0 saturated heterocycles. The average Bonchev–Trinajstić information content (AvgIpc) is 2.72. The van der Waals surface area contributed by atoms with Gasteiger partial charge in [0.2, 0.25) is 5.16 Å². The normalized spacial score (nSPS) is 11.3. The molecule has 0 amide bonds. The molecule has 98 valence electrons. The molecule has 1 N–H and O–H groups in total. The Morgan fingerprint density at radius 2 is 2.18 bits per heavy atom. The highest BCUT2D eigenvalue weighted by Crippen LogP contribution is 2.15. The molecule has 0 atom stereocenters. The van der Waals surface area contributed by atoms with Crippen molar-refractivity contribution in [2.75, 3.05) is 24.3 Å². The van der Waals surface area contributed by atoms with Crippen molar-refractivity contribution in [2.24, 2.45) is 0 Å². The van der Waals surface area contributed by atoms with E-state index in [9.17, 15) is 0 Å². The summed E-state index contributed by atoms with van der Waals surface area (Å²) in [6.07, 6.45) is 3.33. The fourth-order valence-corrected chi connectivity index (χ4v) is 2.72. The van der Waals surface area contributed by atoms with Gasteiger partial charge in [-0.3, -0.25) is 0 Å². The topological polar surface area (TPSA) is 55.6 Å². The third-order valence-corrected chi connectivity index (χ3v) is 3.84. The molecule has 0 radical (unpaired) electrons. The van der Waals surface area contributed by atoms with Gasteiger partial charge in [-0.25, -0.2) is 4.68 Å². The van der Waals surface area contributed by atoms with Gasteiger partial charge in [0.1, 0.15) is 0 Å². The van der Waals surface area contributed by atoms with E-state index in [0.717, 1.165) is 24.0 Å². The standard InChI is InChI=1S/C10H21N5S2/c1-9(2)11-5-6-15-10(12-13-14-15)17-8-4-7-16-3/h9,11H,4-8H2,1-3H3. The van der Waals surface area contributed by atoms with Crippen LogP contribution in [-0.2, 0) is 6.54 Å². The van der Waals surface area contributed by atoms with Crippen molar-refractivity contribution >= 4 is 23.5 Å². The van der Waals surface area contributed by atoms with E-state index >= 15 is 0 Å². The van der Waals surface area contributed by atoms with Crippen molar-refractivity contribution in [1.82, 2.24) is 25.5 Å². The van der Waals surface area contributed by atoms with Crippen LogP contribution in [0, 0.1) is 0 Å². The highest BCUT2D eigenvalue weighted by molar-refractivity contribution is 7.99. The molecule has 0 bridgehead atoms. The third kappa shape index (κ3) is 6.28. The summed E-state index contributed by atoms with van der Waals surface area (Å²) >= 11 is 3.62. The molecule has 0 aliphatic rings. The van der Waals surface area contributed by atoms with Gasteiger partial charge in [-0.15, -0.1) is 5.10 Å². The summed E-state index contributed by atoms with van der Waals surface area (Å²) in [5, 5.41) is 16.1. The van der Waals surface area contributed by atoms with Crippen LogP contribution in [0.4, 0.5) is 0 Å². The number of nitrogens with one attached hydrogen (secondary N) is 1. The van der Waals surface area contributed by atoms with Crippen LogP contribution in [0.15, 0.2) is 5.16 Å². The van der Waals surface area contributed by atoms with Crippen molar-refractivity contribution in [3.8, 4) is 0 Å². The number of thioether (sulfide) groups is 2. The lowest BCUT2D eigenvalue weighted by atomic mass is 10.4. The predicted molar refractivity (Wildman–Crippen MR) is 74.7 cm³/mol. The summed E-state index contributed by atoms with van der Waals surface area (Å²) in [4.78, 5) is 0. The van der Waals surface area contributed by atoms with Crippen molar-refractivity contribution in [3.63, 3.8) is 0 Å². The first-order chi connectivity index (χ1) is 8.24. The van der Waals surface area contributed by atoms with E-state index in [-0.39, 0.29) is 0 Å². The Labute approximate surface area is 111 Å². The lowest BCUT2D eigenvalue weighted by Crippen LogP contribution is -2.27. The second kappa shape index (κ2) is 8.77. The summed E-state index contributed by atoms with van der Waals surface area (Å²) in [7, 11) is 0.